The third kappa shape index (κ3) is 2.95. The number of carbonyl (C=O) groups is 1. The number of aryl methyl sites for hydroxylation is 1. The number of nitrogens with one attached hydrogen (secondary N) is 1. The van der Waals surface area contributed by atoms with Gasteiger partial charge >= 0.3 is 0 Å². The summed E-state index contributed by atoms with van der Waals surface area (Å²) in [6, 6.07) is 17.7. The Morgan fingerprint density at radius 3 is 2.64 bits per heavy atom. The molecule has 2 heterocycles. The van der Waals surface area contributed by atoms with Crippen LogP contribution >= 0.6 is 0 Å². The first kappa shape index (κ1) is 17.6. The first-order valence-corrected chi connectivity index (χ1v) is 8.71. The largest absolute Gasteiger partial charge is 0.497 e. The van der Waals surface area contributed by atoms with Crippen LogP contribution in [0.4, 0.5) is 5.82 Å². The average Bonchev–Trinajstić information content (AvgIpc) is 3.27. The fraction of sp³-hybridized carbons (Fsp3) is 0.0909. The maximum atomic E-state index is 13.3. The van der Waals surface area contributed by atoms with Crippen molar-refractivity contribution in [2.24, 2.45) is 7.05 Å². The Bertz CT molecular complexity index is 1220. The number of fused-ring (bicyclic) bond motifs is 1. The summed E-state index contributed by atoms with van der Waals surface area (Å²) in [4.78, 5) is 26.0. The summed E-state index contributed by atoms with van der Waals surface area (Å²) in [7, 11) is 3.38. The molecular formula is C22H18N2O4. The molecule has 2 aromatic carbocycles. The first-order valence-electron chi connectivity index (χ1n) is 8.71. The Balaban J connectivity index is 1.99. The molecule has 4 aromatic rings. The lowest BCUT2D eigenvalue weighted by Gasteiger charge is -2.18. The van der Waals surface area contributed by atoms with E-state index >= 15 is 0 Å². The molecule has 1 N–H and O–H groups in total. The number of carbonyl (C=O) groups excluding carboxylic acids is 1. The minimum Gasteiger partial charge on any atom is -0.497 e. The van der Waals surface area contributed by atoms with E-state index in [1.54, 1.807) is 48.1 Å². The van der Waals surface area contributed by atoms with Gasteiger partial charge in [-0.05, 0) is 42.0 Å². The molecule has 0 saturated heterocycles. The second-order valence-electron chi connectivity index (χ2n) is 6.29. The number of aromatic nitrogens is 1. The molecule has 6 nitrogen and oxygen atoms in total. The van der Waals surface area contributed by atoms with Crippen LogP contribution in [0.2, 0.25) is 0 Å². The van der Waals surface area contributed by atoms with Gasteiger partial charge in [0.05, 0.1) is 24.5 Å². The number of anilines is 1. The number of amides is 1. The summed E-state index contributed by atoms with van der Waals surface area (Å²) in [5, 5.41) is 3.41. The number of nitrogens with zero attached hydrogens (tertiary/aromatic N) is 1. The molecule has 0 aliphatic heterocycles. The number of furan rings is 1. The van der Waals surface area contributed by atoms with E-state index in [0.717, 1.165) is 0 Å². The van der Waals surface area contributed by atoms with Gasteiger partial charge in [0.2, 0.25) is 0 Å². The summed E-state index contributed by atoms with van der Waals surface area (Å²) < 4.78 is 12.3. The van der Waals surface area contributed by atoms with Crippen molar-refractivity contribution < 1.29 is 13.9 Å². The van der Waals surface area contributed by atoms with Gasteiger partial charge in [0.15, 0.2) is 11.2 Å². The van der Waals surface area contributed by atoms with Gasteiger partial charge < -0.3 is 19.0 Å². The highest BCUT2D eigenvalue weighted by Crippen LogP contribution is 2.30. The van der Waals surface area contributed by atoms with Crippen LogP contribution in [0.25, 0.3) is 22.0 Å². The Kier molecular flexibility index (Phi) is 4.45. The van der Waals surface area contributed by atoms with Crippen molar-refractivity contribution in [3.05, 3.63) is 82.9 Å². The third-order valence-corrected chi connectivity index (χ3v) is 4.64. The van der Waals surface area contributed by atoms with Crippen LogP contribution in [0.5, 0.6) is 5.75 Å². The molecule has 0 aliphatic rings. The van der Waals surface area contributed by atoms with E-state index in [4.69, 9.17) is 9.15 Å². The fourth-order valence-corrected chi connectivity index (χ4v) is 3.26. The van der Waals surface area contributed by atoms with Crippen molar-refractivity contribution in [3.8, 4) is 16.9 Å². The zero-order chi connectivity index (χ0) is 19.7. The van der Waals surface area contributed by atoms with Crippen molar-refractivity contribution >= 4 is 22.6 Å². The van der Waals surface area contributed by atoms with Gasteiger partial charge in [-0.2, -0.15) is 0 Å². The van der Waals surface area contributed by atoms with Gasteiger partial charge in [-0.3, -0.25) is 9.59 Å². The number of ether oxygens (including phenoxy) is 1. The van der Waals surface area contributed by atoms with Gasteiger partial charge in [0, 0.05) is 12.4 Å². The molecule has 0 atom stereocenters. The summed E-state index contributed by atoms with van der Waals surface area (Å²) >= 11 is 0. The molecule has 4 rings (SSSR count). The molecule has 0 unspecified atom stereocenters. The Labute approximate surface area is 161 Å². The van der Waals surface area contributed by atoms with Gasteiger partial charge in [0.25, 0.3) is 5.91 Å². The quantitative estimate of drug-likeness (QED) is 0.585. The summed E-state index contributed by atoms with van der Waals surface area (Å²) in [6.45, 7) is 0. The van der Waals surface area contributed by atoms with Gasteiger partial charge in [-0.25, -0.2) is 0 Å². The van der Waals surface area contributed by atoms with E-state index in [1.165, 1.54) is 6.26 Å². The topological polar surface area (TPSA) is 73.5 Å². The second kappa shape index (κ2) is 7.08. The van der Waals surface area contributed by atoms with E-state index in [2.05, 4.69) is 5.32 Å². The van der Waals surface area contributed by atoms with Crippen LogP contribution < -0.4 is 15.5 Å². The van der Waals surface area contributed by atoms with Crippen LogP contribution in [0.15, 0.2) is 76.1 Å². The molecule has 1 amide bonds. The van der Waals surface area contributed by atoms with E-state index in [9.17, 15) is 9.59 Å². The molecule has 6 heteroatoms. The predicted molar refractivity (Wildman–Crippen MR) is 108 cm³/mol. The molecule has 0 radical (unpaired) electrons. The minimum absolute atomic E-state index is 0.164. The van der Waals surface area contributed by atoms with Crippen molar-refractivity contribution in [2.75, 3.05) is 12.4 Å². The van der Waals surface area contributed by atoms with Gasteiger partial charge in [-0.15, -0.1) is 0 Å². The Morgan fingerprint density at radius 2 is 1.89 bits per heavy atom. The summed E-state index contributed by atoms with van der Waals surface area (Å²) in [6.07, 6.45) is 1.43. The lowest BCUT2D eigenvalue weighted by atomic mass is 10.0. The lowest BCUT2D eigenvalue weighted by molar-refractivity contribution is 0.0996. The number of pyridine rings is 1. The molecular weight excluding hydrogens is 356 g/mol. The molecule has 28 heavy (non-hydrogen) atoms. The summed E-state index contributed by atoms with van der Waals surface area (Å²) in [5.41, 5.74) is 1.59. The third-order valence-electron chi connectivity index (χ3n) is 4.64. The number of para-hydroxylation sites is 1. The van der Waals surface area contributed by atoms with E-state index < -0.39 is 5.91 Å². The molecule has 0 bridgehead atoms. The smallest absolute Gasteiger partial charge is 0.292 e. The predicted octanol–water partition coefficient (Wildman–Crippen LogP) is 4.06. The molecule has 140 valence electrons. The van der Waals surface area contributed by atoms with Crippen LogP contribution in [0.1, 0.15) is 10.6 Å². The van der Waals surface area contributed by atoms with Gasteiger partial charge in [0.1, 0.15) is 11.6 Å². The molecule has 0 spiro atoms. The van der Waals surface area contributed by atoms with Crippen molar-refractivity contribution in [3.63, 3.8) is 0 Å². The molecule has 0 aliphatic carbocycles. The lowest BCUT2D eigenvalue weighted by Crippen LogP contribution is -2.21. The number of methoxy groups -OCH3 is 1. The molecule has 0 fully saturated rings. The van der Waals surface area contributed by atoms with Crippen molar-refractivity contribution in [2.45, 2.75) is 0 Å². The zero-order valence-electron chi connectivity index (χ0n) is 15.4. The Hall–Kier alpha value is -3.80. The monoisotopic (exact) mass is 374 g/mol. The fourth-order valence-electron chi connectivity index (χ4n) is 3.26. The number of rotatable bonds is 4. The Morgan fingerprint density at radius 1 is 1.07 bits per heavy atom. The highest BCUT2D eigenvalue weighted by atomic mass is 16.5. The number of hydrogen-bond donors (Lipinski definition) is 1. The number of benzene rings is 2. The molecule has 0 saturated carbocycles. The second-order valence-corrected chi connectivity index (χ2v) is 6.29. The van der Waals surface area contributed by atoms with Crippen LogP contribution in [0, 0.1) is 0 Å². The van der Waals surface area contributed by atoms with Crippen molar-refractivity contribution in [1.82, 2.24) is 4.57 Å². The highest BCUT2D eigenvalue weighted by Gasteiger charge is 2.20. The number of hydrogen-bond acceptors (Lipinski definition) is 4. The highest BCUT2D eigenvalue weighted by molar-refractivity contribution is 6.05. The maximum absolute atomic E-state index is 13.3. The molecule has 2 aromatic heterocycles. The van der Waals surface area contributed by atoms with Crippen LogP contribution in [-0.4, -0.2) is 17.6 Å². The summed E-state index contributed by atoms with van der Waals surface area (Å²) in [5.74, 6) is 0.742. The van der Waals surface area contributed by atoms with Crippen LogP contribution in [-0.2, 0) is 7.05 Å². The average molecular weight is 374 g/mol. The van der Waals surface area contributed by atoms with Gasteiger partial charge in [-0.1, -0.05) is 24.3 Å². The minimum atomic E-state index is -0.431. The maximum Gasteiger partial charge on any atom is 0.292 e. The van der Waals surface area contributed by atoms with E-state index in [-0.39, 0.29) is 11.2 Å². The standard InChI is InChI=1S/C22H18N2O4/c1-24-17-10-4-3-9-16(17)20(25)19(14-7-5-8-15(13-14)27-2)21(24)23-22(26)18-11-6-12-28-18/h3-13H,1-2H3,(H,23,26). The zero-order valence-corrected chi connectivity index (χ0v) is 15.4. The normalized spacial score (nSPS) is 10.8. The SMILES string of the molecule is COc1cccc(-c2c(NC(=O)c3ccco3)n(C)c3ccccc3c2=O)c1. The van der Waals surface area contributed by atoms with E-state index in [1.807, 2.05) is 31.3 Å². The van der Waals surface area contributed by atoms with Crippen LogP contribution in [0.3, 0.4) is 0 Å². The van der Waals surface area contributed by atoms with Crippen molar-refractivity contribution in [1.29, 1.82) is 0 Å². The van der Waals surface area contributed by atoms with E-state index in [0.29, 0.717) is 33.6 Å². The first-order chi connectivity index (χ1) is 13.6.